The van der Waals surface area contributed by atoms with Crippen LogP contribution in [0.5, 0.6) is 5.75 Å². The molecule has 0 saturated carbocycles. The highest BCUT2D eigenvalue weighted by molar-refractivity contribution is 5.76. The van der Waals surface area contributed by atoms with Crippen molar-refractivity contribution in [2.75, 3.05) is 0 Å². The van der Waals surface area contributed by atoms with Gasteiger partial charge in [0.25, 0.3) is 0 Å². The molecule has 0 amide bonds. The summed E-state index contributed by atoms with van der Waals surface area (Å²) in [5, 5.41) is 0. The molecule has 0 aromatic heterocycles. The van der Waals surface area contributed by atoms with Crippen LogP contribution in [-0.2, 0) is 20.7 Å². The molecule has 0 radical (unpaired) electrons. The number of fused-ring (bicyclic) bond motifs is 3. The van der Waals surface area contributed by atoms with E-state index < -0.39 is 0 Å². The zero-order chi connectivity index (χ0) is 15.3. The van der Waals surface area contributed by atoms with E-state index in [4.69, 9.17) is 9.47 Å². The summed E-state index contributed by atoms with van der Waals surface area (Å²) in [7, 11) is 0. The summed E-state index contributed by atoms with van der Waals surface area (Å²) in [6.45, 7) is 7.30. The topological polar surface area (TPSA) is 52.6 Å². The molecular weight excluding hydrogens is 268 g/mol. The first-order valence-electron chi connectivity index (χ1n) is 7.42. The molecule has 2 aliphatic rings. The van der Waals surface area contributed by atoms with Crippen molar-refractivity contribution < 1.29 is 19.1 Å². The van der Waals surface area contributed by atoms with Gasteiger partial charge in [-0.2, -0.15) is 0 Å². The Morgan fingerprint density at radius 2 is 2.10 bits per heavy atom. The molecule has 0 bridgehead atoms. The van der Waals surface area contributed by atoms with Crippen molar-refractivity contribution in [3.63, 3.8) is 0 Å². The van der Waals surface area contributed by atoms with Gasteiger partial charge in [-0.25, -0.2) is 0 Å². The predicted molar refractivity (Wildman–Crippen MR) is 77.0 cm³/mol. The van der Waals surface area contributed by atoms with Gasteiger partial charge in [-0.3, -0.25) is 9.59 Å². The minimum absolute atomic E-state index is 0.0553. The third-order valence-electron chi connectivity index (χ3n) is 4.83. The molecule has 1 saturated heterocycles. The molecule has 1 aliphatic carbocycles. The summed E-state index contributed by atoms with van der Waals surface area (Å²) in [6, 6.07) is 1.91. The number of carbonyl (C=O) groups is 2. The fraction of sp³-hybridized carbons (Fsp3) is 0.529. The summed E-state index contributed by atoms with van der Waals surface area (Å²) in [5.41, 5.74) is 4.31. The van der Waals surface area contributed by atoms with Crippen LogP contribution < -0.4 is 4.74 Å². The lowest BCUT2D eigenvalue weighted by Crippen LogP contribution is -2.23. The fourth-order valence-corrected chi connectivity index (χ4v) is 3.68. The SMILES string of the molecule is CC(=O)Oc1cc(C)c2c(c1C)[C@@H]1OC(=O)[C@@H](C)[C@H]1CC2. The Balaban J connectivity index is 2.13. The van der Waals surface area contributed by atoms with Gasteiger partial charge in [0.15, 0.2) is 0 Å². The largest absolute Gasteiger partial charge is 0.457 e. The molecule has 1 fully saturated rings. The van der Waals surface area contributed by atoms with E-state index in [1.807, 2.05) is 26.8 Å². The van der Waals surface area contributed by atoms with Gasteiger partial charge in [-0.1, -0.05) is 6.92 Å². The van der Waals surface area contributed by atoms with Crippen LogP contribution in [-0.4, -0.2) is 11.9 Å². The van der Waals surface area contributed by atoms with E-state index >= 15 is 0 Å². The number of hydrogen-bond donors (Lipinski definition) is 0. The zero-order valence-corrected chi connectivity index (χ0v) is 12.9. The van der Waals surface area contributed by atoms with Gasteiger partial charge in [0, 0.05) is 18.4 Å². The second-order valence-electron chi connectivity index (χ2n) is 6.15. The maximum Gasteiger partial charge on any atom is 0.309 e. The molecule has 4 nitrogen and oxygen atoms in total. The smallest absolute Gasteiger partial charge is 0.309 e. The van der Waals surface area contributed by atoms with Gasteiger partial charge in [-0.15, -0.1) is 0 Å². The molecular formula is C17H20O4. The van der Waals surface area contributed by atoms with Crippen LogP contribution in [0.4, 0.5) is 0 Å². The molecule has 0 unspecified atom stereocenters. The van der Waals surface area contributed by atoms with Crippen molar-refractivity contribution in [1.82, 2.24) is 0 Å². The fourth-order valence-electron chi connectivity index (χ4n) is 3.68. The molecule has 1 aromatic rings. The number of carbonyl (C=O) groups excluding carboxylic acids is 2. The van der Waals surface area contributed by atoms with Crippen LogP contribution in [0.2, 0.25) is 0 Å². The third kappa shape index (κ3) is 2.13. The van der Waals surface area contributed by atoms with Crippen LogP contribution in [0.25, 0.3) is 0 Å². The lowest BCUT2D eigenvalue weighted by atomic mass is 9.74. The van der Waals surface area contributed by atoms with Crippen LogP contribution in [0.1, 0.15) is 48.6 Å². The van der Waals surface area contributed by atoms with E-state index in [9.17, 15) is 9.59 Å². The number of esters is 2. The summed E-state index contributed by atoms with van der Waals surface area (Å²) in [5.74, 6) is 0.306. The van der Waals surface area contributed by atoms with E-state index in [1.54, 1.807) is 0 Å². The highest BCUT2D eigenvalue weighted by Gasteiger charge is 2.46. The van der Waals surface area contributed by atoms with Gasteiger partial charge in [0.05, 0.1) is 5.92 Å². The Kier molecular flexibility index (Phi) is 3.27. The molecule has 0 spiro atoms. The molecule has 4 heteroatoms. The van der Waals surface area contributed by atoms with Crippen molar-refractivity contribution >= 4 is 11.9 Å². The summed E-state index contributed by atoms with van der Waals surface area (Å²) < 4.78 is 10.9. The first kappa shape index (κ1) is 14.1. The van der Waals surface area contributed by atoms with Gasteiger partial charge < -0.3 is 9.47 Å². The Labute approximate surface area is 124 Å². The number of ether oxygens (including phenoxy) is 2. The van der Waals surface area contributed by atoms with E-state index in [0.29, 0.717) is 5.75 Å². The van der Waals surface area contributed by atoms with Crippen LogP contribution in [0.3, 0.4) is 0 Å². The Morgan fingerprint density at radius 3 is 2.76 bits per heavy atom. The van der Waals surface area contributed by atoms with Crippen molar-refractivity contribution in [3.05, 3.63) is 28.3 Å². The first-order chi connectivity index (χ1) is 9.90. The molecule has 1 aliphatic heterocycles. The van der Waals surface area contributed by atoms with Crippen LogP contribution >= 0.6 is 0 Å². The first-order valence-corrected chi connectivity index (χ1v) is 7.42. The van der Waals surface area contributed by atoms with Crippen molar-refractivity contribution in [2.24, 2.45) is 11.8 Å². The zero-order valence-electron chi connectivity index (χ0n) is 12.9. The predicted octanol–water partition coefficient (Wildman–Crippen LogP) is 3.03. The standard InChI is InChI=1S/C17H20O4/c1-8-7-14(20-11(4)18)10(3)15-12(8)5-6-13-9(2)17(19)21-16(13)15/h7,9,13,16H,5-6H2,1-4H3/t9-,13+,16+/m0/s1. The minimum atomic E-state index is -0.332. The van der Waals surface area contributed by atoms with Gasteiger partial charge in [0.1, 0.15) is 11.9 Å². The Morgan fingerprint density at radius 1 is 1.38 bits per heavy atom. The number of benzene rings is 1. The number of aryl methyl sites for hydroxylation is 1. The average molecular weight is 288 g/mol. The maximum absolute atomic E-state index is 11.9. The molecule has 112 valence electrons. The molecule has 0 N–H and O–H groups in total. The minimum Gasteiger partial charge on any atom is -0.457 e. The lowest BCUT2D eigenvalue weighted by molar-refractivity contribution is -0.144. The molecule has 21 heavy (non-hydrogen) atoms. The maximum atomic E-state index is 11.9. The summed E-state index contributed by atoms with van der Waals surface area (Å²) in [6.07, 6.45) is 1.73. The second kappa shape index (κ2) is 4.86. The normalized spacial score (nSPS) is 26.9. The highest BCUT2D eigenvalue weighted by atomic mass is 16.6. The molecule has 1 aromatic carbocycles. The third-order valence-corrected chi connectivity index (χ3v) is 4.83. The van der Waals surface area contributed by atoms with Crippen molar-refractivity contribution in [1.29, 1.82) is 0 Å². The van der Waals surface area contributed by atoms with Gasteiger partial charge in [0.2, 0.25) is 0 Å². The van der Waals surface area contributed by atoms with Gasteiger partial charge in [-0.05, 0) is 49.4 Å². The van der Waals surface area contributed by atoms with Crippen LogP contribution in [0, 0.1) is 25.7 Å². The monoisotopic (exact) mass is 288 g/mol. The van der Waals surface area contributed by atoms with Crippen LogP contribution in [0.15, 0.2) is 6.07 Å². The lowest BCUT2D eigenvalue weighted by Gasteiger charge is -2.31. The molecule has 3 atom stereocenters. The second-order valence-corrected chi connectivity index (χ2v) is 6.15. The van der Waals surface area contributed by atoms with E-state index in [0.717, 1.165) is 29.5 Å². The molecule has 1 heterocycles. The van der Waals surface area contributed by atoms with E-state index in [2.05, 4.69) is 0 Å². The summed E-state index contributed by atoms with van der Waals surface area (Å²) in [4.78, 5) is 23.2. The Hall–Kier alpha value is -1.84. The highest BCUT2D eigenvalue weighted by Crippen LogP contribution is 2.49. The number of hydrogen-bond acceptors (Lipinski definition) is 4. The number of rotatable bonds is 1. The van der Waals surface area contributed by atoms with E-state index in [-0.39, 0.29) is 29.9 Å². The van der Waals surface area contributed by atoms with Gasteiger partial charge >= 0.3 is 11.9 Å². The van der Waals surface area contributed by atoms with Crippen molar-refractivity contribution in [2.45, 2.75) is 46.6 Å². The Bertz CT molecular complexity index is 632. The van der Waals surface area contributed by atoms with Crippen molar-refractivity contribution in [3.8, 4) is 5.75 Å². The quantitative estimate of drug-likeness (QED) is 0.589. The average Bonchev–Trinajstić information content (AvgIpc) is 2.70. The molecule has 3 rings (SSSR count). The van der Waals surface area contributed by atoms with E-state index in [1.165, 1.54) is 12.5 Å². The summed E-state index contributed by atoms with van der Waals surface area (Å²) >= 11 is 0.